The van der Waals surface area contributed by atoms with Crippen LogP contribution in [0, 0.1) is 0 Å². The Labute approximate surface area is 121 Å². The number of carbonyl (C=O) groups excluding carboxylic acids is 3. The molecule has 21 heavy (non-hydrogen) atoms. The first-order chi connectivity index (χ1) is 10.0. The summed E-state index contributed by atoms with van der Waals surface area (Å²) < 4.78 is 5.07. The molecule has 0 radical (unpaired) electrons. The number of rotatable bonds is 5. The van der Waals surface area contributed by atoms with Gasteiger partial charge in [0.05, 0.1) is 6.42 Å². The van der Waals surface area contributed by atoms with Crippen molar-refractivity contribution in [2.24, 2.45) is 0 Å². The molecule has 2 unspecified atom stereocenters. The fourth-order valence-electron chi connectivity index (χ4n) is 2.19. The van der Waals surface area contributed by atoms with Crippen LogP contribution >= 0.6 is 0 Å². The molecule has 1 aliphatic rings. The molecule has 1 aromatic carbocycles. The van der Waals surface area contributed by atoms with E-state index in [1.54, 1.807) is 24.3 Å². The van der Waals surface area contributed by atoms with E-state index in [2.05, 4.69) is 11.9 Å². The van der Waals surface area contributed by atoms with Crippen LogP contribution in [0.1, 0.15) is 12.0 Å². The zero-order valence-electron chi connectivity index (χ0n) is 11.2. The highest BCUT2D eigenvalue weighted by atomic mass is 16.5. The number of hydrogen-bond donors (Lipinski definition) is 2. The van der Waals surface area contributed by atoms with Gasteiger partial charge >= 0.3 is 5.97 Å². The summed E-state index contributed by atoms with van der Waals surface area (Å²) >= 11 is 0. The topological polar surface area (TPSA) is 92.7 Å². The Morgan fingerprint density at radius 1 is 1.43 bits per heavy atom. The maximum atomic E-state index is 12.2. The first kappa shape index (κ1) is 14.9. The van der Waals surface area contributed by atoms with Crippen molar-refractivity contribution < 1.29 is 24.2 Å². The molecule has 2 rings (SSSR count). The van der Waals surface area contributed by atoms with E-state index in [1.807, 2.05) is 6.07 Å². The molecule has 1 saturated heterocycles. The van der Waals surface area contributed by atoms with Gasteiger partial charge in [-0.3, -0.25) is 9.59 Å². The highest BCUT2D eigenvalue weighted by Gasteiger charge is 2.57. The monoisotopic (exact) mass is 289 g/mol. The van der Waals surface area contributed by atoms with Gasteiger partial charge in [-0.2, -0.15) is 0 Å². The van der Waals surface area contributed by atoms with E-state index in [-0.39, 0.29) is 13.0 Å². The Bertz CT molecular complexity index is 583. The highest BCUT2D eigenvalue weighted by Crippen LogP contribution is 2.25. The maximum absolute atomic E-state index is 12.2. The van der Waals surface area contributed by atoms with Crippen LogP contribution in [0.2, 0.25) is 0 Å². The predicted octanol–water partition coefficient (Wildman–Crippen LogP) is 0.104. The molecule has 0 bridgehead atoms. The standard InChI is InChI=1S/C15H15NO5/c1-2-11(17)15(12(18)8-13(19)16-15)14(20)21-9-10-6-4-3-5-7-10/h2-7,12,18H,1,8-9H2,(H,16,19). The van der Waals surface area contributed by atoms with Crippen molar-refractivity contribution in [2.75, 3.05) is 0 Å². The molecule has 1 amide bonds. The third-order valence-electron chi connectivity index (χ3n) is 3.32. The Kier molecular flexibility index (Phi) is 4.18. The number of ether oxygens (including phenoxy) is 1. The van der Waals surface area contributed by atoms with Crippen molar-refractivity contribution in [1.29, 1.82) is 0 Å². The highest BCUT2D eigenvalue weighted by molar-refractivity contribution is 6.17. The molecule has 0 saturated carbocycles. The van der Waals surface area contributed by atoms with Gasteiger partial charge in [0, 0.05) is 0 Å². The van der Waals surface area contributed by atoms with E-state index < -0.39 is 29.3 Å². The zero-order chi connectivity index (χ0) is 15.5. The predicted molar refractivity (Wildman–Crippen MR) is 72.9 cm³/mol. The van der Waals surface area contributed by atoms with Crippen LogP contribution < -0.4 is 5.32 Å². The Hall–Kier alpha value is -2.47. The number of aliphatic hydroxyl groups is 1. The fraction of sp³-hybridized carbons (Fsp3) is 0.267. The molecule has 0 aliphatic carbocycles. The van der Waals surface area contributed by atoms with Crippen LogP contribution in [0.25, 0.3) is 0 Å². The summed E-state index contributed by atoms with van der Waals surface area (Å²) in [7, 11) is 0. The third kappa shape index (κ3) is 2.71. The van der Waals surface area contributed by atoms with E-state index in [4.69, 9.17) is 4.74 Å². The SMILES string of the molecule is C=CC(=O)C1(C(=O)OCc2ccccc2)NC(=O)CC1O. The van der Waals surface area contributed by atoms with E-state index in [9.17, 15) is 19.5 Å². The van der Waals surface area contributed by atoms with Gasteiger partial charge in [0.1, 0.15) is 12.7 Å². The van der Waals surface area contributed by atoms with Crippen LogP contribution in [-0.2, 0) is 25.7 Å². The number of carbonyl (C=O) groups is 3. The van der Waals surface area contributed by atoms with Crippen LogP contribution in [0.5, 0.6) is 0 Å². The lowest BCUT2D eigenvalue weighted by Gasteiger charge is -2.27. The average molecular weight is 289 g/mol. The summed E-state index contributed by atoms with van der Waals surface area (Å²) in [6.07, 6.45) is -0.919. The van der Waals surface area contributed by atoms with Gasteiger partial charge in [-0.1, -0.05) is 36.9 Å². The van der Waals surface area contributed by atoms with Crippen molar-refractivity contribution >= 4 is 17.7 Å². The van der Waals surface area contributed by atoms with E-state index in [0.29, 0.717) is 0 Å². The first-order valence-electron chi connectivity index (χ1n) is 6.38. The molecule has 6 nitrogen and oxygen atoms in total. The number of benzene rings is 1. The minimum atomic E-state index is -2.09. The molecule has 1 aliphatic heterocycles. The zero-order valence-corrected chi connectivity index (χ0v) is 11.2. The van der Waals surface area contributed by atoms with Gasteiger partial charge in [0.2, 0.25) is 11.4 Å². The molecule has 2 N–H and O–H groups in total. The van der Waals surface area contributed by atoms with Gasteiger partial charge in [0.25, 0.3) is 0 Å². The van der Waals surface area contributed by atoms with E-state index >= 15 is 0 Å². The van der Waals surface area contributed by atoms with Crippen molar-refractivity contribution in [2.45, 2.75) is 24.7 Å². The Balaban J connectivity index is 2.18. The van der Waals surface area contributed by atoms with Gasteiger partial charge in [-0.25, -0.2) is 4.79 Å². The maximum Gasteiger partial charge on any atom is 0.343 e. The summed E-state index contributed by atoms with van der Waals surface area (Å²) in [5.74, 6) is -2.37. The number of ketones is 1. The summed E-state index contributed by atoms with van der Waals surface area (Å²) in [5.41, 5.74) is -1.36. The number of amides is 1. The minimum absolute atomic E-state index is 0.0611. The van der Waals surface area contributed by atoms with Crippen molar-refractivity contribution in [3.05, 3.63) is 48.6 Å². The van der Waals surface area contributed by atoms with Gasteiger partial charge in [-0.15, -0.1) is 0 Å². The van der Waals surface area contributed by atoms with Crippen LogP contribution in [0.3, 0.4) is 0 Å². The van der Waals surface area contributed by atoms with Crippen molar-refractivity contribution in [3.8, 4) is 0 Å². The molecular formula is C15H15NO5. The second-order valence-corrected chi connectivity index (χ2v) is 4.71. The molecule has 6 heteroatoms. The lowest BCUT2D eigenvalue weighted by molar-refractivity contribution is -0.160. The fourth-order valence-corrected chi connectivity index (χ4v) is 2.19. The van der Waals surface area contributed by atoms with E-state index in [1.165, 1.54) is 0 Å². The molecule has 0 aromatic heterocycles. The smallest absolute Gasteiger partial charge is 0.343 e. The lowest BCUT2D eigenvalue weighted by atomic mass is 9.89. The first-order valence-corrected chi connectivity index (χ1v) is 6.38. The lowest BCUT2D eigenvalue weighted by Crippen LogP contribution is -2.61. The number of aliphatic hydroxyl groups excluding tert-OH is 1. The molecule has 1 heterocycles. The molecule has 1 fully saturated rings. The summed E-state index contributed by atoms with van der Waals surface area (Å²) in [4.78, 5) is 35.6. The number of esters is 1. The van der Waals surface area contributed by atoms with Gasteiger partial charge in [0.15, 0.2) is 5.78 Å². The summed E-state index contributed by atoms with van der Waals surface area (Å²) in [6.45, 7) is 3.23. The van der Waals surface area contributed by atoms with Crippen LogP contribution in [0.4, 0.5) is 0 Å². The molecule has 2 atom stereocenters. The Morgan fingerprint density at radius 3 is 2.62 bits per heavy atom. The number of nitrogens with one attached hydrogen (secondary N) is 1. The van der Waals surface area contributed by atoms with Gasteiger partial charge in [-0.05, 0) is 11.6 Å². The average Bonchev–Trinajstić information content (AvgIpc) is 2.80. The summed E-state index contributed by atoms with van der Waals surface area (Å²) in [5, 5.41) is 12.1. The third-order valence-corrected chi connectivity index (χ3v) is 3.32. The van der Waals surface area contributed by atoms with Crippen LogP contribution in [0.15, 0.2) is 43.0 Å². The molecule has 0 spiro atoms. The largest absolute Gasteiger partial charge is 0.459 e. The van der Waals surface area contributed by atoms with Crippen molar-refractivity contribution in [1.82, 2.24) is 5.32 Å². The van der Waals surface area contributed by atoms with Gasteiger partial charge < -0.3 is 15.2 Å². The van der Waals surface area contributed by atoms with Crippen molar-refractivity contribution in [3.63, 3.8) is 0 Å². The minimum Gasteiger partial charge on any atom is -0.459 e. The summed E-state index contributed by atoms with van der Waals surface area (Å²) in [6, 6.07) is 8.87. The second kappa shape index (κ2) is 5.88. The Morgan fingerprint density at radius 2 is 2.10 bits per heavy atom. The molecule has 1 aromatic rings. The normalized spacial score (nSPS) is 24.2. The second-order valence-electron chi connectivity index (χ2n) is 4.71. The molecule has 110 valence electrons. The molecular weight excluding hydrogens is 274 g/mol. The number of hydrogen-bond acceptors (Lipinski definition) is 5. The quantitative estimate of drug-likeness (QED) is 0.456. The van der Waals surface area contributed by atoms with E-state index in [0.717, 1.165) is 11.6 Å². The van der Waals surface area contributed by atoms with Crippen LogP contribution in [-0.4, -0.2) is 34.4 Å².